The first-order valence-corrected chi connectivity index (χ1v) is 7.62. The molecule has 22 heavy (non-hydrogen) atoms. The maximum Gasteiger partial charge on any atom is 0.265 e. The quantitative estimate of drug-likeness (QED) is 0.850. The summed E-state index contributed by atoms with van der Waals surface area (Å²) >= 11 is 12.0. The van der Waals surface area contributed by atoms with Crippen LogP contribution in [0.3, 0.4) is 0 Å². The molecule has 3 nitrogen and oxygen atoms in total. The molecule has 0 bridgehead atoms. The Balaban J connectivity index is 2.05. The second-order valence-corrected chi connectivity index (χ2v) is 5.95. The molecule has 0 fully saturated rings. The topological polar surface area (TPSA) is 38.3 Å². The van der Waals surface area contributed by atoms with Gasteiger partial charge in [-0.3, -0.25) is 4.79 Å². The van der Waals surface area contributed by atoms with E-state index in [-0.39, 0.29) is 5.91 Å². The second kappa shape index (κ2) is 7.03. The van der Waals surface area contributed by atoms with Gasteiger partial charge in [0.2, 0.25) is 0 Å². The first-order valence-electron chi connectivity index (χ1n) is 6.86. The lowest BCUT2D eigenvalue weighted by Crippen LogP contribution is -2.30. The molecule has 0 radical (unpaired) electrons. The third-order valence-electron chi connectivity index (χ3n) is 3.18. The maximum absolute atomic E-state index is 12.2. The fourth-order valence-electron chi connectivity index (χ4n) is 2.04. The van der Waals surface area contributed by atoms with Crippen molar-refractivity contribution in [1.82, 2.24) is 0 Å². The van der Waals surface area contributed by atoms with Crippen molar-refractivity contribution in [3.05, 3.63) is 57.6 Å². The lowest BCUT2D eigenvalue weighted by atomic mass is 10.1. The van der Waals surface area contributed by atoms with Gasteiger partial charge in [0.05, 0.1) is 0 Å². The first-order chi connectivity index (χ1) is 10.4. The van der Waals surface area contributed by atoms with Crippen molar-refractivity contribution in [3.8, 4) is 5.75 Å². The van der Waals surface area contributed by atoms with Gasteiger partial charge >= 0.3 is 0 Å². The standard InChI is InChI=1S/C17H17Cl2NO2/c1-10-7-15(8-11(2)16(10)19)22-12(3)17(21)20-14-6-4-5-13(18)9-14/h4-9,12H,1-3H3,(H,20,21)/t12-/m0/s1. The highest BCUT2D eigenvalue weighted by Crippen LogP contribution is 2.26. The van der Waals surface area contributed by atoms with Gasteiger partial charge in [-0.2, -0.15) is 0 Å². The molecule has 0 spiro atoms. The minimum absolute atomic E-state index is 0.243. The lowest BCUT2D eigenvalue weighted by Gasteiger charge is -2.16. The number of carbonyl (C=O) groups excluding carboxylic acids is 1. The number of halogens is 2. The Kier molecular flexibility index (Phi) is 5.33. The van der Waals surface area contributed by atoms with E-state index in [1.807, 2.05) is 26.0 Å². The molecule has 1 N–H and O–H groups in total. The van der Waals surface area contributed by atoms with Crippen LogP contribution in [0.15, 0.2) is 36.4 Å². The summed E-state index contributed by atoms with van der Waals surface area (Å²) in [6.45, 7) is 5.50. The number of nitrogens with one attached hydrogen (secondary N) is 1. The minimum atomic E-state index is -0.640. The molecule has 1 amide bonds. The molecule has 2 aromatic carbocycles. The van der Waals surface area contributed by atoms with Gasteiger partial charge in [0.1, 0.15) is 5.75 Å². The summed E-state index contributed by atoms with van der Waals surface area (Å²) < 4.78 is 5.69. The van der Waals surface area contributed by atoms with E-state index in [4.69, 9.17) is 27.9 Å². The zero-order valence-electron chi connectivity index (χ0n) is 12.6. The predicted molar refractivity (Wildman–Crippen MR) is 91.1 cm³/mol. The van der Waals surface area contributed by atoms with Crippen LogP contribution in [0.1, 0.15) is 18.1 Å². The van der Waals surface area contributed by atoms with E-state index in [0.29, 0.717) is 21.5 Å². The van der Waals surface area contributed by atoms with E-state index >= 15 is 0 Å². The fourth-order valence-corrected chi connectivity index (χ4v) is 2.34. The number of amides is 1. The SMILES string of the molecule is Cc1cc(O[C@@H](C)C(=O)Nc2cccc(Cl)c2)cc(C)c1Cl. The van der Waals surface area contributed by atoms with Gasteiger partial charge in [-0.15, -0.1) is 0 Å². The molecule has 0 aliphatic heterocycles. The number of anilines is 1. The van der Waals surface area contributed by atoms with Crippen molar-refractivity contribution in [1.29, 1.82) is 0 Å². The van der Waals surface area contributed by atoms with Crippen LogP contribution in [-0.2, 0) is 4.79 Å². The molecule has 0 aliphatic carbocycles. The summed E-state index contributed by atoms with van der Waals surface area (Å²) in [4.78, 5) is 12.2. The molecular formula is C17H17Cl2NO2. The van der Waals surface area contributed by atoms with Gasteiger partial charge in [-0.05, 0) is 62.2 Å². The van der Waals surface area contributed by atoms with Gasteiger partial charge < -0.3 is 10.1 Å². The molecule has 0 heterocycles. The summed E-state index contributed by atoms with van der Waals surface area (Å²) in [6, 6.07) is 10.6. The van der Waals surface area contributed by atoms with E-state index in [2.05, 4.69) is 5.32 Å². The van der Waals surface area contributed by atoms with E-state index in [1.54, 1.807) is 31.2 Å². The van der Waals surface area contributed by atoms with Crippen LogP contribution >= 0.6 is 23.2 Å². The van der Waals surface area contributed by atoms with Crippen LogP contribution < -0.4 is 10.1 Å². The van der Waals surface area contributed by atoms with E-state index in [0.717, 1.165) is 11.1 Å². The second-order valence-electron chi connectivity index (χ2n) is 5.13. The van der Waals surface area contributed by atoms with Crippen LogP contribution in [0.4, 0.5) is 5.69 Å². The highest BCUT2D eigenvalue weighted by Gasteiger charge is 2.16. The lowest BCUT2D eigenvalue weighted by molar-refractivity contribution is -0.122. The van der Waals surface area contributed by atoms with Crippen molar-refractivity contribution in [2.75, 3.05) is 5.32 Å². The summed E-state index contributed by atoms with van der Waals surface area (Å²) in [5.41, 5.74) is 2.47. The Morgan fingerprint density at radius 3 is 2.36 bits per heavy atom. The molecule has 0 unspecified atom stereocenters. The minimum Gasteiger partial charge on any atom is -0.481 e. The molecule has 5 heteroatoms. The Hall–Kier alpha value is -1.71. The smallest absolute Gasteiger partial charge is 0.265 e. The molecular weight excluding hydrogens is 321 g/mol. The molecule has 0 saturated heterocycles. The number of aryl methyl sites for hydroxylation is 2. The van der Waals surface area contributed by atoms with Gasteiger partial charge in [0.15, 0.2) is 6.10 Å². The van der Waals surface area contributed by atoms with Crippen LogP contribution in [0.2, 0.25) is 10.0 Å². The van der Waals surface area contributed by atoms with Crippen molar-refractivity contribution in [3.63, 3.8) is 0 Å². The van der Waals surface area contributed by atoms with Gasteiger partial charge in [0, 0.05) is 15.7 Å². The zero-order valence-corrected chi connectivity index (χ0v) is 14.1. The molecule has 2 aromatic rings. The highest BCUT2D eigenvalue weighted by atomic mass is 35.5. The number of hydrogen-bond acceptors (Lipinski definition) is 2. The largest absolute Gasteiger partial charge is 0.481 e. The van der Waals surface area contributed by atoms with Gasteiger partial charge in [-0.25, -0.2) is 0 Å². The molecule has 1 atom stereocenters. The Morgan fingerprint density at radius 2 is 1.77 bits per heavy atom. The highest BCUT2D eigenvalue weighted by molar-refractivity contribution is 6.32. The van der Waals surface area contributed by atoms with Crippen LogP contribution in [0.5, 0.6) is 5.75 Å². The predicted octanol–water partition coefficient (Wildman–Crippen LogP) is 5.02. The molecule has 0 aromatic heterocycles. The molecule has 2 rings (SSSR count). The third kappa shape index (κ3) is 4.15. The summed E-state index contributed by atoms with van der Waals surface area (Å²) in [5.74, 6) is 0.376. The van der Waals surface area contributed by atoms with Crippen LogP contribution in [-0.4, -0.2) is 12.0 Å². The van der Waals surface area contributed by atoms with E-state index < -0.39 is 6.10 Å². The molecule has 116 valence electrons. The average molecular weight is 338 g/mol. The normalized spacial score (nSPS) is 11.9. The van der Waals surface area contributed by atoms with Crippen molar-refractivity contribution in [2.24, 2.45) is 0 Å². The Bertz CT molecular complexity index is 678. The summed E-state index contributed by atoms with van der Waals surface area (Å²) in [6.07, 6.45) is -0.640. The van der Waals surface area contributed by atoms with Gasteiger partial charge in [0.25, 0.3) is 5.91 Å². The average Bonchev–Trinajstić information content (AvgIpc) is 2.44. The van der Waals surface area contributed by atoms with Crippen LogP contribution in [0, 0.1) is 13.8 Å². The number of carbonyl (C=O) groups is 1. The first kappa shape index (κ1) is 16.7. The third-order valence-corrected chi connectivity index (χ3v) is 4.02. The van der Waals surface area contributed by atoms with Crippen LogP contribution in [0.25, 0.3) is 0 Å². The monoisotopic (exact) mass is 337 g/mol. The zero-order chi connectivity index (χ0) is 16.3. The molecule has 0 aliphatic rings. The number of hydrogen-bond donors (Lipinski definition) is 1. The van der Waals surface area contributed by atoms with Crippen molar-refractivity contribution < 1.29 is 9.53 Å². The number of benzene rings is 2. The Morgan fingerprint density at radius 1 is 1.14 bits per heavy atom. The van der Waals surface area contributed by atoms with E-state index in [1.165, 1.54) is 0 Å². The van der Waals surface area contributed by atoms with Crippen molar-refractivity contribution in [2.45, 2.75) is 26.9 Å². The summed E-state index contributed by atoms with van der Waals surface area (Å²) in [5, 5.41) is 4.05. The summed E-state index contributed by atoms with van der Waals surface area (Å²) in [7, 11) is 0. The van der Waals surface area contributed by atoms with E-state index in [9.17, 15) is 4.79 Å². The fraction of sp³-hybridized carbons (Fsp3) is 0.235. The van der Waals surface area contributed by atoms with Crippen molar-refractivity contribution >= 4 is 34.8 Å². The van der Waals surface area contributed by atoms with Gasteiger partial charge in [-0.1, -0.05) is 29.3 Å². The number of ether oxygens (including phenoxy) is 1. The maximum atomic E-state index is 12.2. The molecule has 0 saturated carbocycles. The Labute approximate surface area is 140 Å². The number of rotatable bonds is 4.